The highest BCUT2D eigenvalue weighted by molar-refractivity contribution is 9.10. The van der Waals surface area contributed by atoms with Gasteiger partial charge in [0.1, 0.15) is 10.4 Å². The molecule has 2 heterocycles. The van der Waals surface area contributed by atoms with Crippen molar-refractivity contribution in [1.29, 1.82) is 0 Å². The van der Waals surface area contributed by atoms with Crippen molar-refractivity contribution in [2.45, 2.75) is 26.2 Å². The van der Waals surface area contributed by atoms with E-state index in [1.807, 2.05) is 17.6 Å². The summed E-state index contributed by atoms with van der Waals surface area (Å²) in [5, 5.41) is 3.06. The maximum atomic E-state index is 4.53. The zero-order valence-electron chi connectivity index (χ0n) is 9.14. The van der Waals surface area contributed by atoms with E-state index < -0.39 is 0 Å². The summed E-state index contributed by atoms with van der Waals surface area (Å²) in [6.07, 6.45) is 2.60. The topological polar surface area (TPSA) is 38.7 Å². The summed E-state index contributed by atoms with van der Waals surface area (Å²) in [4.78, 5) is 13.1. The van der Waals surface area contributed by atoms with E-state index in [0.29, 0.717) is 5.92 Å². The van der Waals surface area contributed by atoms with Crippen molar-refractivity contribution in [3.05, 3.63) is 38.8 Å². The number of thiazole rings is 1. The van der Waals surface area contributed by atoms with Gasteiger partial charge in [-0.1, -0.05) is 13.8 Å². The summed E-state index contributed by atoms with van der Waals surface area (Å²) >= 11 is 5.07. The second-order valence-corrected chi connectivity index (χ2v) is 5.59. The molecule has 84 valence electrons. The molecule has 0 aliphatic rings. The zero-order chi connectivity index (χ0) is 11.5. The van der Waals surface area contributed by atoms with Gasteiger partial charge >= 0.3 is 0 Å². The molecule has 0 radical (unpaired) electrons. The van der Waals surface area contributed by atoms with Crippen molar-refractivity contribution in [2.24, 2.45) is 0 Å². The second-order valence-electron chi connectivity index (χ2n) is 3.80. The van der Waals surface area contributed by atoms with Crippen LogP contribution in [-0.4, -0.2) is 15.0 Å². The molecule has 0 amide bonds. The molecule has 3 nitrogen and oxygen atoms in total. The van der Waals surface area contributed by atoms with E-state index in [9.17, 15) is 0 Å². The van der Waals surface area contributed by atoms with Crippen LogP contribution in [0.3, 0.4) is 0 Å². The maximum absolute atomic E-state index is 4.53. The Hall–Kier alpha value is -0.810. The summed E-state index contributed by atoms with van der Waals surface area (Å²) in [5.41, 5.74) is 1.01. The van der Waals surface area contributed by atoms with E-state index in [1.165, 1.54) is 0 Å². The van der Waals surface area contributed by atoms with Crippen LogP contribution in [0.5, 0.6) is 0 Å². The minimum Gasteiger partial charge on any atom is -0.249 e. The van der Waals surface area contributed by atoms with Gasteiger partial charge < -0.3 is 0 Å². The van der Waals surface area contributed by atoms with Gasteiger partial charge in [-0.3, -0.25) is 0 Å². The molecule has 5 heteroatoms. The third-order valence-electron chi connectivity index (χ3n) is 2.10. The molecule has 0 saturated carbocycles. The van der Waals surface area contributed by atoms with Crippen LogP contribution in [-0.2, 0) is 6.42 Å². The van der Waals surface area contributed by atoms with Gasteiger partial charge in [-0.15, -0.1) is 11.3 Å². The molecule has 0 aliphatic heterocycles. The first-order chi connectivity index (χ1) is 7.65. The summed E-state index contributed by atoms with van der Waals surface area (Å²) in [7, 11) is 0. The molecule has 0 aliphatic carbocycles. The maximum Gasteiger partial charge on any atom is 0.132 e. The lowest BCUT2D eigenvalue weighted by atomic mass is 10.2. The first-order valence-corrected chi connectivity index (χ1v) is 6.74. The van der Waals surface area contributed by atoms with Crippen molar-refractivity contribution in [1.82, 2.24) is 15.0 Å². The molecule has 0 N–H and O–H groups in total. The van der Waals surface area contributed by atoms with E-state index >= 15 is 0 Å². The number of aromatic nitrogens is 3. The van der Waals surface area contributed by atoms with Gasteiger partial charge in [0.05, 0.1) is 10.7 Å². The molecule has 0 saturated heterocycles. The van der Waals surface area contributed by atoms with Crippen LogP contribution in [0.2, 0.25) is 0 Å². The van der Waals surface area contributed by atoms with Gasteiger partial charge in [0, 0.05) is 23.9 Å². The highest BCUT2D eigenvalue weighted by Crippen LogP contribution is 2.17. The number of hydrogen-bond acceptors (Lipinski definition) is 4. The van der Waals surface area contributed by atoms with Crippen molar-refractivity contribution in [3.8, 4) is 0 Å². The number of halogens is 1. The lowest BCUT2D eigenvalue weighted by molar-refractivity contribution is 0.755. The number of nitrogens with zero attached hydrogens (tertiary/aromatic N) is 3. The number of rotatable bonds is 3. The van der Waals surface area contributed by atoms with Crippen molar-refractivity contribution in [3.63, 3.8) is 0 Å². The summed E-state index contributed by atoms with van der Waals surface area (Å²) in [6.45, 7) is 4.18. The SMILES string of the molecule is CC(C)c1nc(Br)cc(Cc2nccs2)n1. The number of hydrogen-bond donors (Lipinski definition) is 0. The normalized spacial score (nSPS) is 11.0. The molecular formula is C11H12BrN3S. The van der Waals surface area contributed by atoms with E-state index in [0.717, 1.165) is 27.5 Å². The van der Waals surface area contributed by atoms with E-state index in [-0.39, 0.29) is 0 Å². The molecule has 0 aromatic carbocycles. The van der Waals surface area contributed by atoms with Crippen molar-refractivity contribution < 1.29 is 0 Å². The Bertz CT molecular complexity index is 468. The van der Waals surface area contributed by atoms with Crippen LogP contribution in [0.15, 0.2) is 22.2 Å². The van der Waals surface area contributed by atoms with E-state index in [1.54, 1.807) is 11.3 Å². The van der Waals surface area contributed by atoms with Crippen LogP contribution in [0, 0.1) is 0 Å². The average Bonchev–Trinajstić information content (AvgIpc) is 2.69. The molecular weight excluding hydrogens is 286 g/mol. The summed E-state index contributed by atoms with van der Waals surface area (Å²) in [5.74, 6) is 1.22. The third kappa shape index (κ3) is 2.86. The minimum absolute atomic E-state index is 0.340. The Labute approximate surface area is 107 Å². The predicted octanol–water partition coefficient (Wildman–Crippen LogP) is 3.41. The predicted molar refractivity (Wildman–Crippen MR) is 68.7 cm³/mol. The average molecular weight is 298 g/mol. The Morgan fingerprint density at radius 3 is 2.81 bits per heavy atom. The molecule has 0 spiro atoms. The molecule has 0 unspecified atom stereocenters. The molecule has 0 fully saturated rings. The first kappa shape index (κ1) is 11.7. The molecule has 2 rings (SSSR count). The Kier molecular flexibility index (Phi) is 3.66. The van der Waals surface area contributed by atoms with Crippen LogP contribution >= 0.6 is 27.3 Å². The van der Waals surface area contributed by atoms with E-state index in [4.69, 9.17) is 0 Å². The van der Waals surface area contributed by atoms with Crippen molar-refractivity contribution >= 4 is 27.3 Å². The van der Waals surface area contributed by atoms with Crippen LogP contribution in [0.4, 0.5) is 0 Å². The Balaban J connectivity index is 2.27. The fourth-order valence-corrected chi connectivity index (χ4v) is 2.41. The highest BCUT2D eigenvalue weighted by Gasteiger charge is 2.08. The van der Waals surface area contributed by atoms with Gasteiger partial charge in [0.2, 0.25) is 0 Å². The Morgan fingerprint density at radius 1 is 1.38 bits per heavy atom. The lowest BCUT2D eigenvalue weighted by Crippen LogP contribution is -2.02. The third-order valence-corrected chi connectivity index (χ3v) is 3.28. The zero-order valence-corrected chi connectivity index (χ0v) is 11.5. The minimum atomic E-state index is 0.340. The molecule has 2 aromatic rings. The molecule has 0 bridgehead atoms. The second kappa shape index (κ2) is 5.01. The molecule has 0 atom stereocenters. The van der Waals surface area contributed by atoms with Crippen molar-refractivity contribution in [2.75, 3.05) is 0 Å². The van der Waals surface area contributed by atoms with E-state index in [2.05, 4.69) is 44.7 Å². The fraction of sp³-hybridized carbons (Fsp3) is 0.364. The van der Waals surface area contributed by atoms with Gasteiger partial charge in [0.25, 0.3) is 0 Å². The summed E-state index contributed by atoms with van der Waals surface area (Å²) in [6, 6.07) is 1.95. The standard InChI is InChI=1S/C11H12BrN3S/c1-7(2)11-14-8(5-9(12)15-11)6-10-13-3-4-16-10/h3-5,7H,6H2,1-2H3. The largest absolute Gasteiger partial charge is 0.249 e. The molecule has 2 aromatic heterocycles. The summed E-state index contributed by atoms with van der Waals surface area (Å²) < 4.78 is 0.845. The fourth-order valence-electron chi connectivity index (χ4n) is 1.33. The highest BCUT2D eigenvalue weighted by atomic mass is 79.9. The first-order valence-electron chi connectivity index (χ1n) is 5.07. The van der Waals surface area contributed by atoms with Gasteiger partial charge in [-0.2, -0.15) is 0 Å². The molecule has 16 heavy (non-hydrogen) atoms. The van der Waals surface area contributed by atoms with Gasteiger partial charge in [-0.25, -0.2) is 15.0 Å². The van der Waals surface area contributed by atoms with Gasteiger partial charge in [-0.05, 0) is 22.0 Å². The van der Waals surface area contributed by atoms with Gasteiger partial charge in [0.15, 0.2) is 0 Å². The quantitative estimate of drug-likeness (QED) is 0.815. The monoisotopic (exact) mass is 297 g/mol. The van der Waals surface area contributed by atoms with Crippen LogP contribution in [0.25, 0.3) is 0 Å². The lowest BCUT2D eigenvalue weighted by Gasteiger charge is -2.06. The smallest absolute Gasteiger partial charge is 0.132 e. The van der Waals surface area contributed by atoms with Crippen LogP contribution < -0.4 is 0 Å². The van der Waals surface area contributed by atoms with Crippen LogP contribution in [0.1, 0.15) is 36.3 Å². The Morgan fingerprint density at radius 2 is 2.19 bits per heavy atom.